The maximum atomic E-state index is 12.1. The molecule has 1 aliphatic heterocycles. The zero-order valence-corrected chi connectivity index (χ0v) is 12.7. The number of benzene rings is 1. The minimum Gasteiger partial charge on any atom is -0.327 e. The van der Waals surface area contributed by atoms with E-state index in [1.165, 1.54) is 0 Å². The van der Waals surface area contributed by atoms with Crippen molar-refractivity contribution in [2.24, 2.45) is 10.8 Å². The molecular formula is C16H24N2O. The number of hydrogen-bond donors (Lipinski definition) is 2. The zero-order chi connectivity index (χ0) is 14.5. The molecule has 2 rings (SSSR count). The molecule has 1 heterocycles. The van der Waals surface area contributed by atoms with Crippen molar-refractivity contribution < 1.29 is 4.79 Å². The normalized spacial score (nSPS) is 18.3. The predicted molar refractivity (Wildman–Crippen MR) is 79.2 cm³/mol. The van der Waals surface area contributed by atoms with Crippen LogP contribution in [0.25, 0.3) is 0 Å². The summed E-state index contributed by atoms with van der Waals surface area (Å²) in [7, 11) is 0. The highest BCUT2D eigenvalue weighted by molar-refractivity contribution is 5.94. The SMILES string of the molecule is CC(C)(C)C1(C(C)(C)C)NC(=O)Nc2ccccc21. The predicted octanol–water partition coefficient (Wildman–Crippen LogP) is 4.11. The minimum absolute atomic E-state index is 0.0981. The Bertz CT molecular complexity index is 492. The summed E-state index contributed by atoms with van der Waals surface area (Å²) >= 11 is 0. The van der Waals surface area contributed by atoms with E-state index in [4.69, 9.17) is 0 Å². The molecule has 0 unspecified atom stereocenters. The number of hydrogen-bond acceptors (Lipinski definition) is 1. The minimum atomic E-state index is -0.404. The van der Waals surface area contributed by atoms with Gasteiger partial charge in [0.1, 0.15) is 0 Å². The van der Waals surface area contributed by atoms with Crippen LogP contribution in [0, 0.1) is 10.8 Å². The molecule has 3 heteroatoms. The Morgan fingerprint density at radius 1 is 0.947 bits per heavy atom. The Morgan fingerprint density at radius 3 is 2.00 bits per heavy atom. The molecule has 1 aliphatic rings. The molecule has 1 aromatic rings. The Morgan fingerprint density at radius 2 is 1.47 bits per heavy atom. The van der Waals surface area contributed by atoms with Crippen LogP contribution in [0.4, 0.5) is 10.5 Å². The molecule has 0 saturated heterocycles. The first kappa shape index (κ1) is 13.9. The number of rotatable bonds is 0. The molecule has 0 aliphatic carbocycles. The molecule has 19 heavy (non-hydrogen) atoms. The van der Waals surface area contributed by atoms with Crippen molar-refractivity contribution >= 4 is 11.7 Å². The van der Waals surface area contributed by atoms with E-state index in [1.807, 2.05) is 18.2 Å². The smallest absolute Gasteiger partial charge is 0.319 e. The van der Waals surface area contributed by atoms with Crippen LogP contribution in [0.1, 0.15) is 47.1 Å². The number of anilines is 1. The summed E-state index contributed by atoms with van der Waals surface area (Å²) in [4.78, 5) is 12.1. The molecule has 0 aromatic heterocycles. The lowest BCUT2D eigenvalue weighted by Crippen LogP contribution is -2.64. The number of nitrogens with one attached hydrogen (secondary N) is 2. The van der Waals surface area contributed by atoms with E-state index >= 15 is 0 Å². The van der Waals surface area contributed by atoms with E-state index in [2.05, 4.69) is 58.2 Å². The van der Waals surface area contributed by atoms with E-state index in [9.17, 15) is 4.79 Å². The summed E-state index contributed by atoms with van der Waals surface area (Å²) in [6.45, 7) is 13.1. The Labute approximate surface area is 115 Å². The van der Waals surface area contributed by atoms with Gasteiger partial charge in [-0.05, 0) is 16.9 Å². The van der Waals surface area contributed by atoms with Gasteiger partial charge in [-0.25, -0.2) is 4.79 Å². The second kappa shape index (κ2) is 3.99. The second-order valence-corrected chi connectivity index (χ2v) is 7.37. The lowest BCUT2D eigenvalue weighted by molar-refractivity contribution is 0.0273. The Kier molecular flexibility index (Phi) is 2.92. The second-order valence-electron chi connectivity index (χ2n) is 7.37. The summed E-state index contributed by atoms with van der Waals surface area (Å²) < 4.78 is 0. The van der Waals surface area contributed by atoms with Gasteiger partial charge in [0.05, 0.1) is 5.54 Å². The number of amides is 2. The maximum absolute atomic E-state index is 12.1. The number of carbonyl (C=O) groups is 1. The van der Waals surface area contributed by atoms with Gasteiger partial charge in [-0.1, -0.05) is 59.7 Å². The van der Waals surface area contributed by atoms with Gasteiger partial charge in [-0.15, -0.1) is 0 Å². The average molecular weight is 260 g/mol. The Hall–Kier alpha value is -1.51. The first-order chi connectivity index (χ1) is 8.59. The molecule has 3 nitrogen and oxygen atoms in total. The molecule has 2 N–H and O–H groups in total. The average Bonchev–Trinajstić information content (AvgIpc) is 2.24. The van der Waals surface area contributed by atoms with Gasteiger partial charge < -0.3 is 10.6 Å². The maximum Gasteiger partial charge on any atom is 0.319 e. The summed E-state index contributed by atoms with van der Waals surface area (Å²) in [5.74, 6) is 0. The van der Waals surface area contributed by atoms with Crippen molar-refractivity contribution in [1.29, 1.82) is 0 Å². The summed E-state index contributed by atoms with van der Waals surface area (Å²) in [5, 5.41) is 6.12. The molecule has 0 fully saturated rings. The molecule has 2 amide bonds. The summed E-state index contributed by atoms with van der Waals surface area (Å²) in [6.07, 6.45) is 0. The van der Waals surface area contributed by atoms with Crippen LogP contribution in [0.2, 0.25) is 0 Å². The van der Waals surface area contributed by atoms with E-state index in [0.29, 0.717) is 0 Å². The summed E-state index contributed by atoms with van der Waals surface area (Å²) in [6, 6.07) is 7.95. The first-order valence-corrected chi connectivity index (χ1v) is 6.78. The van der Waals surface area contributed by atoms with Gasteiger partial charge in [-0.2, -0.15) is 0 Å². The van der Waals surface area contributed by atoms with E-state index in [1.54, 1.807) is 0 Å². The number of fused-ring (bicyclic) bond motifs is 1. The molecule has 0 bridgehead atoms. The van der Waals surface area contributed by atoms with Crippen molar-refractivity contribution in [3.63, 3.8) is 0 Å². The quantitative estimate of drug-likeness (QED) is 0.724. The van der Waals surface area contributed by atoms with Gasteiger partial charge >= 0.3 is 6.03 Å². The van der Waals surface area contributed by atoms with Crippen LogP contribution in [0.15, 0.2) is 24.3 Å². The standard InChI is InChI=1S/C16H24N2O/c1-14(2,3)16(15(4,5)6)11-9-7-8-10-12(11)17-13(19)18-16/h7-10H,1-6H3,(H2,17,18,19). The van der Waals surface area contributed by atoms with Crippen molar-refractivity contribution in [2.45, 2.75) is 47.1 Å². The molecule has 1 aromatic carbocycles. The zero-order valence-electron chi connectivity index (χ0n) is 12.7. The van der Waals surface area contributed by atoms with Crippen molar-refractivity contribution in [1.82, 2.24) is 5.32 Å². The number of para-hydroxylation sites is 1. The highest BCUT2D eigenvalue weighted by atomic mass is 16.2. The van der Waals surface area contributed by atoms with Gasteiger partial charge in [0, 0.05) is 11.3 Å². The highest BCUT2D eigenvalue weighted by Gasteiger charge is 2.55. The van der Waals surface area contributed by atoms with Crippen molar-refractivity contribution in [3.8, 4) is 0 Å². The first-order valence-electron chi connectivity index (χ1n) is 6.78. The third-order valence-electron chi connectivity index (χ3n) is 4.13. The third kappa shape index (κ3) is 1.92. The van der Waals surface area contributed by atoms with E-state index < -0.39 is 5.54 Å². The fraction of sp³-hybridized carbons (Fsp3) is 0.562. The largest absolute Gasteiger partial charge is 0.327 e. The topological polar surface area (TPSA) is 41.1 Å². The fourth-order valence-electron chi connectivity index (χ4n) is 3.62. The third-order valence-corrected chi connectivity index (χ3v) is 4.13. The van der Waals surface area contributed by atoms with E-state index in [-0.39, 0.29) is 16.9 Å². The molecule has 0 spiro atoms. The van der Waals surface area contributed by atoms with Crippen LogP contribution in [0.3, 0.4) is 0 Å². The molecule has 0 atom stereocenters. The monoisotopic (exact) mass is 260 g/mol. The number of urea groups is 1. The van der Waals surface area contributed by atoms with Gasteiger partial charge in [-0.3, -0.25) is 0 Å². The van der Waals surface area contributed by atoms with Crippen LogP contribution in [-0.2, 0) is 5.54 Å². The lowest BCUT2D eigenvalue weighted by Gasteiger charge is -2.56. The van der Waals surface area contributed by atoms with Crippen molar-refractivity contribution in [2.75, 3.05) is 5.32 Å². The summed E-state index contributed by atoms with van der Waals surface area (Å²) in [5.41, 5.74) is 1.47. The molecular weight excluding hydrogens is 236 g/mol. The van der Waals surface area contributed by atoms with Crippen LogP contribution in [0.5, 0.6) is 0 Å². The van der Waals surface area contributed by atoms with Gasteiger partial charge in [0.2, 0.25) is 0 Å². The van der Waals surface area contributed by atoms with Crippen LogP contribution < -0.4 is 10.6 Å². The highest BCUT2D eigenvalue weighted by Crippen LogP contribution is 2.54. The Balaban J connectivity index is 2.79. The fourth-order valence-corrected chi connectivity index (χ4v) is 3.62. The van der Waals surface area contributed by atoms with Gasteiger partial charge in [0.25, 0.3) is 0 Å². The molecule has 0 radical (unpaired) electrons. The van der Waals surface area contributed by atoms with Crippen LogP contribution in [-0.4, -0.2) is 6.03 Å². The van der Waals surface area contributed by atoms with Gasteiger partial charge in [0.15, 0.2) is 0 Å². The molecule has 104 valence electrons. The lowest BCUT2D eigenvalue weighted by atomic mass is 9.56. The van der Waals surface area contributed by atoms with E-state index in [0.717, 1.165) is 11.3 Å². The van der Waals surface area contributed by atoms with Crippen molar-refractivity contribution in [3.05, 3.63) is 29.8 Å². The number of carbonyl (C=O) groups excluding carboxylic acids is 1. The van der Waals surface area contributed by atoms with Crippen LogP contribution >= 0.6 is 0 Å². The molecule has 0 saturated carbocycles.